The lowest BCUT2D eigenvalue weighted by atomic mass is 9.95. The van der Waals surface area contributed by atoms with Crippen LogP contribution in [0.1, 0.15) is 27.8 Å². The first kappa shape index (κ1) is 23.1. The van der Waals surface area contributed by atoms with Crippen molar-refractivity contribution in [1.29, 1.82) is 10.8 Å². The summed E-state index contributed by atoms with van der Waals surface area (Å²) in [5.74, 6) is 1.43. The molecule has 0 fully saturated rings. The largest absolute Gasteiger partial charge is 0.379 e. The van der Waals surface area contributed by atoms with E-state index in [-0.39, 0.29) is 44.3 Å². The second-order valence-corrected chi connectivity index (χ2v) is 6.43. The van der Waals surface area contributed by atoms with Crippen LogP contribution in [0.2, 0.25) is 0 Å². The Labute approximate surface area is 155 Å². The summed E-state index contributed by atoms with van der Waals surface area (Å²) in [7, 11) is 0. The standard InChI is InChI=1S/C13H20N4S2.2BrH/c1-7-4-8(2)11(6-19-13(16)17)9(3)10(7)5-18-12(14)15;;/h4H,5-6H2,1-3H3,(H3,14,15)(H3,16,17);2*1H. The van der Waals surface area contributed by atoms with Gasteiger partial charge in [-0.05, 0) is 48.6 Å². The highest BCUT2D eigenvalue weighted by molar-refractivity contribution is 8.93. The number of nitrogens with one attached hydrogen (secondary N) is 2. The molecule has 0 aliphatic carbocycles. The summed E-state index contributed by atoms with van der Waals surface area (Å²) in [5.41, 5.74) is 16.9. The monoisotopic (exact) mass is 456 g/mol. The minimum Gasteiger partial charge on any atom is -0.379 e. The first-order valence-electron chi connectivity index (χ1n) is 5.85. The number of benzene rings is 1. The fourth-order valence-corrected chi connectivity index (χ4v) is 3.50. The molecule has 0 saturated heterocycles. The van der Waals surface area contributed by atoms with E-state index in [0.29, 0.717) is 11.5 Å². The topological polar surface area (TPSA) is 99.7 Å². The maximum atomic E-state index is 7.31. The molecule has 1 rings (SSSR count). The number of hydrogen-bond donors (Lipinski definition) is 4. The predicted octanol–water partition coefficient (Wildman–Crippen LogP) is 4.02. The van der Waals surface area contributed by atoms with E-state index in [1.165, 1.54) is 51.3 Å². The first-order chi connectivity index (χ1) is 8.82. The average molecular weight is 458 g/mol. The van der Waals surface area contributed by atoms with E-state index < -0.39 is 0 Å². The van der Waals surface area contributed by atoms with Crippen molar-refractivity contribution in [2.45, 2.75) is 32.3 Å². The summed E-state index contributed by atoms with van der Waals surface area (Å²) < 4.78 is 0. The lowest BCUT2D eigenvalue weighted by molar-refractivity contribution is 1.15. The minimum atomic E-state index is 0. The summed E-state index contributed by atoms with van der Waals surface area (Å²) in [6.45, 7) is 6.25. The Morgan fingerprint density at radius 3 is 1.52 bits per heavy atom. The zero-order valence-corrected chi connectivity index (χ0v) is 17.3. The van der Waals surface area contributed by atoms with Gasteiger partial charge >= 0.3 is 0 Å². The molecule has 0 atom stereocenters. The second-order valence-electron chi connectivity index (χ2n) is 4.40. The molecule has 4 nitrogen and oxygen atoms in total. The molecule has 120 valence electrons. The van der Waals surface area contributed by atoms with Crippen LogP contribution in [0.25, 0.3) is 0 Å². The summed E-state index contributed by atoms with van der Waals surface area (Å²) >= 11 is 2.68. The van der Waals surface area contributed by atoms with Gasteiger partial charge in [-0.15, -0.1) is 34.0 Å². The fraction of sp³-hybridized carbons (Fsp3) is 0.385. The van der Waals surface area contributed by atoms with Gasteiger partial charge in [-0.1, -0.05) is 29.6 Å². The van der Waals surface area contributed by atoms with Crippen LogP contribution in [0, 0.1) is 31.6 Å². The molecule has 0 aliphatic heterocycles. The Balaban J connectivity index is 0. The SMILES string of the molecule is Br.Br.Cc1cc(C)c(CSC(=N)N)c(C)c1CSC(=N)N. The maximum Gasteiger partial charge on any atom is 0.151 e. The van der Waals surface area contributed by atoms with Gasteiger partial charge in [0.05, 0.1) is 0 Å². The molecule has 6 N–H and O–H groups in total. The van der Waals surface area contributed by atoms with Crippen molar-refractivity contribution in [2.75, 3.05) is 0 Å². The van der Waals surface area contributed by atoms with E-state index >= 15 is 0 Å². The van der Waals surface area contributed by atoms with E-state index in [2.05, 4.69) is 26.8 Å². The van der Waals surface area contributed by atoms with E-state index in [9.17, 15) is 0 Å². The molecule has 0 aliphatic rings. The Kier molecular flexibility index (Phi) is 11.6. The van der Waals surface area contributed by atoms with Crippen molar-refractivity contribution in [3.63, 3.8) is 0 Å². The van der Waals surface area contributed by atoms with Gasteiger partial charge in [-0.2, -0.15) is 0 Å². The third-order valence-electron chi connectivity index (χ3n) is 3.03. The zero-order valence-electron chi connectivity index (χ0n) is 12.3. The molecule has 8 heteroatoms. The third kappa shape index (κ3) is 7.08. The molecule has 0 aromatic heterocycles. The highest BCUT2D eigenvalue weighted by atomic mass is 79.9. The Morgan fingerprint density at radius 2 is 1.24 bits per heavy atom. The van der Waals surface area contributed by atoms with E-state index in [1.54, 1.807) is 0 Å². The number of aryl methyl sites for hydroxylation is 2. The van der Waals surface area contributed by atoms with E-state index in [0.717, 1.165) is 0 Å². The lowest BCUT2D eigenvalue weighted by Crippen LogP contribution is -2.08. The molecular formula is C13H22Br2N4S2. The Hall–Kier alpha value is -0.180. The third-order valence-corrected chi connectivity index (χ3v) is 4.52. The second kappa shape index (κ2) is 10.5. The molecule has 0 bridgehead atoms. The quantitative estimate of drug-likeness (QED) is 0.405. The smallest absolute Gasteiger partial charge is 0.151 e. The average Bonchev–Trinajstić information content (AvgIpc) is 2.27. The maximum absolute atomic E-state index is 7.31. The van der Waals surface area contributed by atoms with Crippen molar-refractivity contribution in [1.82, 2.24) is 0 Å². The van der Waals surface area contributed by atoms with Crippen molar-refractivity contribution in [3.8, 4) is 0 Å². The summed E-state index contributed by atoms with van der Waals surface area (Å²) in [6.07, 6.45) is 0. The van der Waals surface area contributed by atoms with Crippen molar-refractivity contribution < 1.29 is 0 Å². The van der Waals surface area contributed by atoms with Crippen LogP contribution in [0.4, 0.5) is 0 Å². The van der Waals surface area contributed by atoms with Gasteiger partial charge < -0.3 is 11.5 Å². The van der Waals surface area contributed by atoms with Crippen LogP contribution in [0.3, 0.4) is 0 Å². The molecule has 1 aromatic rings. The number of amidine groups is 2. The number of hydrogen-bond acceptors (Lipinski definition) is 4. The fourth-order valence-electron chi connectivity index (χ4n) is 2.02. The van der Waals surface area contributed by atoms with Crippen LogP contribution in [0.5, 0.6) is 0 Å². The summed E-state index contributed by atoms with van der Waals surface area (Å²) in [4.78, 5) is 0. The molecule has 1 aromatic carbocycles. The summed E-state index contributed by atoms with van der Waals surface area (Å²) in [5, 5.41) is 14.9. The first-order valence-corrected chi connectivity index (χ1v) is 7.82. The van der Waals surface area contributed by atoms with Crippen LogP contribution in [-0.2, 0) is 11.5 Å². The predicted molar refractivity (Wildman–Crippen MR) is 108 cm³/mol. The summed E-state index contributed by atoms with van der Waals surface area (Å²) in [6, 6.07) is 2.15. The van der Waals surface area contributed by atoms with Gasteiger partial charge in [0.2, 0.25) is 0 Å². The van der Waals surface area contributed by atoms with E-state index in [4.69, 9.17) is 22.3 Å². The van der Waals surface area contributed by atoms with Crippen molar-refractivity contribution >= 4 is 67.8 Å². The Morgan fingerprint density at radius 1 is 0.905 bits per heavy atom. The highest BCUT2D eigenvalue weighted by Gasteiger charge is 2.12. The van der Waals surface area contributed by atoms with Crippen LogP contribution in [-0.4, -0.2) is 10.3 Å². The molecular weight excluding hydrogens is 436 g/mol. The normalized spacial score (nSPS) is 9.48. The highest BCUT2D eigenvalue weighted by Crippen LogP contribution is 2.28. The van der Waals surface area contributed by atoms with Gasteiger partial charge in [0.1, 0.15) is 0 Å². The lowest BCUT2D eigenvalue weighted by Gasteiger charge is -2.16. The zero-order chi connectivity index (χ0) is 14.6. The van der Waals surface area contributed by atoms with Gasteiger partial charge in [0.15, 0.2) is 10.3 Å². The van der Waals surface area contributed by atoms with Crippen LogP contribution in [0.15, 0.2) is 6.07 Å². The number of nitrogens with two attached hydrogens (primary N) is 2. The van der Waals surface area contributed by atoms with E-state index in [1.807, 2.05) is 0 Å². The van der Waals surface area contributed by atoms with Gasteiger partial charge in [-0.25, -0.2) is 0 Å². The molecule has 0 spiro atoms. The Bertz CT molecular complexity index is 479. The van der Waals surface area contributed by atoms with Crippen LogP contribution >= 0.6 is 57.5 Å². The van der Waals surface area contributed by atoms with Gasteiger partial charge in [0.25, 0.3) is 0 Å². The van der Waals surface area contributed by atoms with Crippen molar-refractivity contribution in [2.24, 2.45) is 11.5 Å². The molecule has 0 saturated carbocycles. The number of thioether (sulfide) groups is 2. The van der Waals surface area contributed by atoms with Crippen molar-refractivity contribution in [3.05, 3.63) is 33.9 Å². The molecule has 21 heavy (non-hydrogen) atoms. The van der Waals surface area contributed by atoms with Crippen LogP contribution < -0.4 is 11.5 Å². The number of halogens is 2. The molecule has 0 heterocycles. The van der Waals surface area contributed by atoms with Gasteiger partial charge in [-0.3, -0.25) is 10.8 Å². The molecule has 0 unspecified atom stereocenters. The number of rotatable bonds is 4. The molecule has 0 amide bonds. The van der Waals surface area contributed by atoms with Gasteiger partial charge in [0, 0.05) is 11.5 Å². The molecule has 0 radical (unpaired) electrons. The minimum absolute atomic E-state index is 0.